The van der Waals surface area contributed by atoms with Gasteiger partial charge < -0.3 is 14.2 Å². The summed E-state index contributed by atoms with van der Waals surface area (Å²) in [5.74, 6) is 1.11. The molecule has 3 rings (SSSR count). The van der Waals surface area contributed by atoms with E-state index >= 15 is 0 Å². The van der Waals surface area contributed by atoms with Gasteiger partial charge in [-0.3, -0.25) is 5.32 Å². The minimum absolute atomic E-state index is 0.178. The Morgan fingerprint density at radius 2 is 1.94 bits per heavy atom. The molecule has 3 fully saturated rings. The maximum atomic E-state index is 5.79. The molecule has 0 aromatic heterocycles. The van der Waals surface area contributed by atoms with Gasteiger partial charge in [-0.15, -0.1) is 0 Å². The van der Waals surface area contributed by atoms with Gasteiger partial charge in [0.05, 0.1) is 12.2 Å². The monoisotopic (exact) mass is 241 g/mol. The van der Waals surface area contributed by atoms with Gasteiger partial charge in [-0.25, -0.2) is 0 Å². The molecule has 0 bridgehead atoms. The number of nitrogens with one attached hydrogen (secondary N) is 1. The van der Waals surface area contributed by atoms with Crippen LogP contribution in [0.1, 0.15) is 25.7 Å². The van der Waals surface area contributed by atoms with Gasteiger partial charge in [0.25, 0.3) is 0 Å². The highest BCUT2D eigenvalue weighted by Gasteiger charge is 2.50. The van der Waals surface area contributed by atoms with E-state index in [0.29, 0.717) is 30.1 Å². The van der Waals surface area contributed by atoms with E-state index < -0.39 is 0 Å². The third-order valence-electron chi connectivity index (χ3n) is 4.80. The smallest absolute Gasteiger partial charge is 0.113 e. The van der Waals surface area contributed by atoms with E-state index in [0.717, 1.165) is 19.4 Å². The third-order valence-corrected chi connectivity index (χ3v) is 4.80. The lowest BCUT2D eigenvalue weighted by molar-refractivity contribution is -0.124. The SMILES string of the molecule is COC1CCCC2C1NC1OCCC1C2OC. The Bertz CT molecular complexity index is 273. The van der Waals surface area contributed by atoms with Crippen molar-refractivity contribution in [2.45, 2.75) is 50.2 Å². The Labute approximate surface area is 103 Å². The predicted octanol–water partition coefficient (Wildman–Crippen LogP) is 1.15. The standard InChI is InChI=1S/C13H23NO3/c1-15-10-5-3-4-8-11(10)14-13-9(6-7-17-13)12(8)16-2/h8-14H,3-7H2,1-2H3. The van der Waals surface area contributed by atoms with Crippen LogP contribution >= 0.6 is 0 Å². The van der Waals surface area contributed by atoms with E-state index in [1.165, 1.54) is 12.8 Å². The Morgan fingerprint density at radius 1 is 1.06 bits per heavy atom. The number of hydrogen-bond acceptors (Lipinski definition) is 4. The van der Waals surface area contributed by atoms with Crippen LogP contribution in [0.25, 0.3) is 0 Å². The summed E-state index contributed by atoms with van der Waals surface area (Å²) >= 11 is 0. The first-order chi connectivity index (χ1) is 8.35. The molecule has 0 aromatic carbocycles. The molecule has 0 amide bonds. The number of hydrogen-bond donors (Lipinski definition) is 1. The molecular weight excluding hydrogens is 218 g/mol. The number of rotatable bonds is 2. The molecule has 2 saturated heterocycles. The van der Waals surface area contributed by atoms with Crippen LogP contribution < -0.4 is 5.32 Å². The molecule has 4 heteroatoms. The zero-order chi connectivity index (χ0) is 11.8. The molecule has 2 aliphatic heterocycles. The van der Waals surface area contributed by atoms with Crippen LogP contribution in [0.5, 0.6) is 0 Å². The van der Waals surface area contributed by atoms with Gasteiger partial charge in [0.1, 0.15) is 6.23 Å². The van der Waals surface area contributed by atoms with Crippen LogP contribution in [0, 0.1) is 11.8 Å². The highest BCUT2D eigenvalue weighted by Crippen LogP contribution is 2.41. The first-order valence-electron chi connectivity index (χ1n) is 6.78. The highest BCUT2D eigenvalue weighted by molar-refractivity contribution is 5.02. The van der Waals surface area contributed by atoms with E-state index in [2.05, 4.69) is 5.32 Å². The van der Waals surface area contributed by atoms with E-state index in [-0.39, 0.29) is 6.23 Å². The average Bonchev–Trinajstić information content (AvgIpc) is 2.82. The number of piperidine rings is 1. The fourth-order valence-electron chi connectivity index (χ4n) is 4.02. The zero-order valence-electron chi connectivity index (χ0n) is 10.7. The summed E-state index contributed by atoms with van der Waals surface area (Å²) in [6.07, 6.45) is 5.61. The minimum atomic E-state index is 0.178. The molecule has 2 heterocycles. The maximum absolute atomic E-state index is 5.79. The first kappa shape index (κ1) is 11.9. The molecule has 3 aliphatic rings. The molecule has 17 heavy (non-hydrogen) atoms. The fraction of sp³-hybridized carbons (Fsp3) is 1.00. The Morgan fingerprint density at radius 3 is 2.71 bits per heavy atom. The Hall–Kier alpha value is -0.160. The number of fused-ring (bicyclic) bond motifs is 2. The third kappa shape index (κ3) is 1.91. The lowest BCUT2D eigenvalue weighted by atomic mass is 9.71. The summed E-state index contributed by atoms with van der Waals surface area (Å²) < 4.78 is 17.2. The lowest BCUT2D eigenvalue weighted by Crippen LogP contribution is -2.63. The Balaban J connectivity index is 1.82. The van der Waals surface area contributed by atoms with Crippen molar-refractivity contribution in [1.29, 1.82) is 0 Å². The second-order valence-corrected chi connectivity index (χ2v) is 5.51. The lowest BCUT2D eigenvalue weighted by Gasteiger charge is -2.49. The molecule has 1 saturated carbocycles. The van der Waals surface area contributed by atoms with Crippen molar-refractivity contribution >= 4 is 0 Å². The van der Waals surface area contributed by atoms with E-state index in [1.807, 2.05) is 14.2 Å². The summed E-state index contributed by atoms with van der Waals surface area (Å²) in [5, 5.41) is 3.66. The second-order valence-electron chi connectivity index (χ2n) is 5.51. The van der Waals surface area contributed by atoms with E-state index in [1.54, 1.807) is 0 Å². The topological polar surface area (TPSA) is 39.7 Å². The van der Waals surface area contributed by atoms with Gasteiger partial charge in [0.15, 0.2) is 0 Å². The molecule has 0 aromatic rings. The van der Waals surface area contributed by atoms with Gasteiger partial charge in [-0.1, -0.05) is 6.42 Å². The molecule has 4 nitrogen and oxygen atoms in total. The normalized spacial score (nSPS) is 49.8. The predicted molar refractivity (Wildman–Crippen MR) is 63.7 cm³/mol. The van der Waals surface area contributed by atoms with Crippen LogP contribution in [0.15, 0.2) is 0 Å². The van der Waals surface area contributed by atoms with Crippen molar-refractivity contribution in [3.05, 3.63) is 0 Å². The van der Waals surface area contributed by atoms with Crippen LogP contribution in [0.3, 0.4) is 0 Å². The summed E-state index contributed by atoms with van der Waals surface area (Å²) in [6.45, 7) is 0.860. The first-order valence-corrected chi connectivity index (χ1v) is 6.78. The number of ether oxygens (including phenoxy) is 3. The van der Waals surface area contributed by atoms with Crippen molar-refractivity contribution in [2.24, 2.45) is 11.8 Å². The quantitative estimate of drug-likeness (QED) is 0.787. The van der Waals surface area contributed by atoms with E-state index in [9.17, 15) is 0 Å². The molecule has 0 spiro atoms. The zero-order valence-corrected chi connectivity index (χ0v) is 10.7. The van der Waals surface area contributed by atoms with Gasteiger partial charge >= 0.3 is 0 Å². The summed E-state index contributed by atoms with van der Waals surface area (Å²) in [4.78, 5) is 0. The minimum Gasteiger partial charge on any atom is -0.381 e. The average molecular weight is 241 g/mol. The van der Waals surface area contributed by atoms with Crippen LogP contribution in [-0.4, -0.2) is 45.3 Å². The molecule has 6 atom stereocenters. The van der Waals surface area contributed by atoms with Crippen LogP contribution in [-0.2, 0) is 14.2 Å². The van der Waals surface area contributed by atoms with Crippen molar-refractivity contribution in [3.63, 3.8) is 0 Å². The Kier molecular flexibility index (Phi) is 3.39. The van der Waals surface area contributed by atoms with Gasteiger partial charge in [0.2, 0.25) is 0 Å². The van der Waals surface area contributed by atoms with Gasteiger partial charge in [-0.05, 0) is 19.3 Å². The molecule has 1 N–H and O–H groups in total. The molecule has 0 radical (unpaired) electrons. The summed E-state index contributed by atoms with van der Waals surface area (Å²) in [6, 6.07) is 0.401. The van der Waals surface area contributed by atoms with Crippen LogP contribution in [0.2, 0.25) is 0 Å². The van der Waals surface area contributed by atoms with Crippen molar-refractivity contribution < 1.29 is 14.2 Å². The maximum Gasteiger partial charge on any atom is 0.113 e. The molecular formula is C13H23NO3. The fourth-order valence-corrected chi connectivity index (χ4v) is 4.02. The second kappa shape index (κ2) is 4.84. The largest absolute Gasteiger partial charge is 0.381 e. The van der Waals surface area contributed by atoms with Crippen molar-refractivity contribution in [1.82, 2.24) is 5.32 Å². The van der Waals surface area contributed by atoms with Gasteiger partial charge in [0, 0.05) is 38.7 Å². The van der Waals surface area contributed by atoms with E-state index in [4.69, 9.17) is 14.2 Å². The summed E-state index contributed by atoms with van der Waals surface area (Å²) in [5.41, 5.74) is 0. The highest BCUT2D eigenvalue weighted by atomic mass is 16.5. The number of methoxy groups -OCH3 is 2. The molecule has 1 aliphatic carbocycles. The molecule has 98 valence electrons. The van der Waals surface area contributed by atoms with Crippen molar-refractivity contribution in [3.8, 4) is 0 Å². The summed E-state index contributed by atoms with van der Waals surface area (Å²) in [7, 11) is 3.66. The van der Waals surface area contributed by atoms with Crippen molar-refractivity contribution in [2.75, 3.05) is 20.8 Å². The van der Waals surface area contributed by atoms with Gasteiger partial charge in [-0.2, -0.15) is 0 Å². The molecule has 6 unspecified atom stereocenters. The van der Waals surface area contributed by atoms with Crippen LogP contribution in [0.4, 0.5) is 0 Å².